The molecule has 15 heavy (non-hydrogen) atoms. The smallest absolute Gasteiger partial charge is 0.0411 e. The number of likely N-dealkylation sites (N-methyl/N-ethyl adjacent to an activating group) is 1. The molecule has 0 aromatic heterocycles. The summed E-state index contributed by atoms with van der Waals surface area (Å²) < 4.78 is 0. The Labute approximate surface area is 97.1 Å². The Morgan fingerprint density at radius 3 is 2.87 bits per heavy atom. The first kappa shape index (κ1) is 12.3. The van der Waals surface area contributed by atoms with E-state index in [1.165, 1.54) is 5.57 Å². The van der Waals surface area contributed by atoms with Crippen molar-refractivity contribution in [3.63, 3.8) is 0 Å². The summed E-state index contributed by atoms with van der Waals surface area (Å²) in [6.45, 7) is 7.40. The average molecular weight is 224 g/mol. The molecule has 1 N–H and O–H groups in total. The summed E-state index contributed by atoms with van der Waals surface area (Å²) in [5, 5.41) is 4.16. The molecule has 1 atom stereocenters. The summed E-state index contributed by atoms with van der Waals surface area (Å²) in [7, 11) is 0. The van der Waals surface area contributed by atoms with Crippen molar-refractivity contribution < 1.29 is 0 Å². The van der Waals surface area contributed by atoms with Crippen molar-refractivity contribution in [2.45, 2.75) is 26.8 Å². The van der Waals surface area contributed by atoms with Gasteiger partial charge in [0.1, 0.15) is 0 Å². The third-order valence-electron chi connectivity index (χ3n) is 2.44. The summed E-state index contributed by atoms with van der Waals surface area (Å²) in [5.41, 5.74) is 2.48. The Kier molecular flexibility index (Phi) is 4.86. The normalized spacial score (nSPS) is 14.0. The van der Waals surface area contributed by atoms with Crippen molar-refractivity contribution in [1.29, 1.82) is 0 Å². The zero-order valence-corrected chi connectivity index (χ0v) is 10.3. The maximum Gasteiger partial charge on any atom is 0.0411 e. The predicted molar refractivity (Wildman–Crippen MR) is 68.2 cm³/mol. The highest BCUT2D eigenvalue weighted by Crippen LogP contribution is 2.14. The first-order valence-corrected chi connectivity index (χ1v) is 5.68. The summed E-state index contributed by atoms with van der Waals surface area (Å²) >= 11 is 5.92. The van der Waals surface area contributed by atoms with Gasteiger partial charge in [-0.15, -0.1) is 0 Å². The molecule has 1 unspecified atom stereocenters. The maximum atomic E-state index is 5.92. The molecule has 1 aromatic rings. The first-order valence-electron chi connectivity index (χ1n) is 5.30. The molecule has 1 aromatic carbocycles. The van der Waals surface area contributed by atoms with E-state index in [1.807, 2.05) is 18.2 Å². The van der Waals surface area contributed by atoms with E-state index in [1.54, 1.807) is 0 Å². The molecule has 82 valence electrons. The molecule has 0 spiro atoms. The van der Waals surface area contributed by atoms with Crippen LogP contribution in [0.25, 0.3) is 6.08 Å². The number of hydrogen-bond acceptors (Lipinski definition) is 1. The molecule has 0 bridgehead atoms. The monoisotopic (exact) mass is 223 g/mol. The molecule has 0 aliphatic carbocycles. The number of rotatable bonds is 4. The first-order chi connectivity index (χ1) is 7.13. The van der Waals surface area contributed by atoms with Crippen LogP contribution in [0.3, 0.4) is 0 Å². The fourth-order valence-corrected chi connectivity index (χ4v) is 1.65. The van der Waals surface area contributed by atoms with Crippen LogP contribution >= 0.6 is 11.6 Å². The topological polar surface area (TPSA) is 12.0 Å². The van der Waals surface area contributed by atoms with Gasteiger partial charge in [0, 0.05) is 11.1 Å². The zero-order chi connectivity index (χ0) is 11.3. The molecule has 0 fully saturated rings. The fraction of sp³-hybridized carbons (Fsp3) is 0.385. The van der Waals surface area contributed by atoms with Gasteiger partial charge in [0.15, 0.2) is 0 Å². The van der Waals surface area contributed by atoms with Crippen LogP contribution in [-0.2, 0) is 0 Å². The Balaban J connectivity index is 2.78. The summed E-state index contributed by atoms with van der Waals surface area (Å²) in [6, 6.07) is 8.31. The highest BCUT2D eigenvalue weighted by Gasteiger charge is 2.01. The van der Waals surface area contributed by atoms with Crippen molar-refractivity contribution in [3.05, 3.63) is 40.4 Å². The van der Waals surface area contributed by atoms with E-state index < -0.39 is 0 Å². The molecule has 0 amide bonds. The van der Waals surface area contributed by atoms with E-state index in [0.717, 1.165) is 17.1 Å². The second kappa shape index (κ2) is 5.94. The SMILES string of the molecule is CCNC(C)/C(C)=C/c1cccc(Cl)c1. The Hall–Kier alpha value is -0.790. The highest BCUT2D eigenvalue weighted by molar-refractivity contribution is 6.30. The molecular weight excluding hydrogens is 206 g/mol. The predicted octanol–water partition coefficient (Wildman–Crippen LogP) is 3.74. The molecule has 0 radical (unpaired) electrons. The lowest BCUT2D eigenvalue weighted by molar-refractivity contribution is 0.636. The highest BCUT2D eigenvalue weighted by atomic mass is 35.5. The molecule has 1 nitrogen and oxygen atoms in total. The lowest BCUT2D eigenvalue weighted by Crippen LogP contribution is -2.26. The van der Waals surface area contributed by atoms with Crippen LogP contribution < -0.4 is 5.32 Å². The van der Waals surface area contributed by atoms with Gasteiger partial charge in [-0.1, -0.05) is 42.3 Å². The minimum atomic E-state index is 0.411. The fourth-order valence-electron chi connectivity index (χ4n) is 1.45. The van der Waals surface area contributed by atoms with Crippen molar-refractivity contribution in [3.8, 4) is 0 Å². The van der Waals surface area contributed by atoms with Gasteiger partial charge in [0.05, 0.1) is 0 Å². The number of hydrogen-bond donors (Lipinski definition) is 1. The van der Waals surface area contributed by atoms with Crippen LogP contribution in [0.2, 0.25) is 5.02 Å². The Bertz CT molecular complexity index is 344. The van der Waals surface area contributed by atoms with Crippen molar-refractivity contribution in [2.24, 2.45) is 0 Å². The average Bonchev–Trinajstić information content (AvgIpc) is 2.18. The molecule has 0 saturated carbocycles. The van der Waals surface area contributed by atoms with Gasteiger partial charge in [0.25, 0.3) is 0 Å². The van der Waals surface area contributed by atoms with Gasteiger partial charge < -0.3 is 5.32 Å². The molecule has 0 aliphatic heterocycles. The van der Waals surface area contributed by atoms with Crippen LogP contribution in [0.15, 0.2) is 29.8 Å². The second-order valence-corrected chi connectivity index (χ2v) is 4.16. The number of halogens is 1. The Morgan fingerprint density at radius 2 is 2.27 bits per heavy atom. The zero-order valence-electron chi connectivity index (χ0n) is 9.55. The van der Waals surface area contributed by atoms with Gasteiger partial charge in [-0.2, -0.15) is 0 Å². The third kappa shape index (κ3) is 4.06. The standard InChI is InChI=1S/C13H18ClN/c1-4-15-11(3)10(2)8-12-6-5-7-13(14)9-12/h5-9,11,15H,4H2,1-3H3/b10-8+. The van der Waals surface area contributed by atoms with Crippen LogP contribution in [0.4, 0.5) is 0 Å². The number of nitrogens with one attached hydrogen (secondary N) is 1. The molecule has 0 heterocycles. The third-order valence-corrected chi connectivity index (χ3v) is 2.67. The Morgan fingerprint density at radius 1 is 1.53 bits per heavy atom. The van der Waals surface area contributed by atoms with Crippen LogP contribution in [0.1, 0.15) is 26.3 Å². The van der Waals surface area contributed by atoms with E-state index in [2.05, 4.69) is 38.2 Å². The minimum Gasteiger partial charge on any atom is -0.311 e. The summed E-state index contributed by atoms with van der Waals surface area (Å²) in [6.07, 6.45) is 2.17. The summed E-state index contributed by atoms with van der Waals surface area (Å²) in [4.78, 5) is 0. The quantitative estimate of drug-likeness (QED) is 0.820. The molecule has 2 heteroatoms. The maximum absolute atomic E-state index is 5.92. The molecular formula is C13H18ClN. The van der Waals surface area contributed by atoms with Gasteiger partial charge in [-0.3, -0.25) is 0 Å². The van der Waals surface area contributed by atoms with Crippen molar-refractivity contribution in [2.75, 3.05) is 6.54 Å². The van der Waals surface area contributed by atoms with E-state index in [-0.39, 0.29) is 0 Å². The summed E-state index contributed by atoms with van der Waals surface area (Å²) in [5.74, 6) is 0. The number of benzene rings is 1. The molecule has 0 saturated heterocycles. The van der Waals surface area contributed by atoms with E-state index >= 15 is 0 Å². The lowest BCUT2D eigenvalue weighted by atomic mass is 10.1. The van der Waals surface area contributed by atoms with Crippen LogP contribution in [-0.4, -0.2) is 12.6 Å². The van der Waals surface area contributed by atoms with Gasteiger partial charge in [0.2, 0.25) is 0 Å². The van der Waals surface area contributed by atoms with Gasteiger partial charge in [-0.25, -0.2) is 0 Å². The second-order valence-electron chi connectivity index (χ2n) is 3.72. The van der Waals surface area contributed by atoms with Gasteiger partial charge >= 0.3 is 0 Å². The lowest BCUT2D eigenvalue weighted by Gasteiger charge is -2.12. The van der Waals surface area contributed by atoms with E-state index in [9.17, 15) is 0 Å². The van der Waals surface area contributed by atoms with Crippen molar-refractivity contribution in [1.82, 2.24) is 5.32 Å². The van der Waals surface area contributed by atoms with Crippen molar-refractivity contribution >= 4 is 17.7 Å². The molecule has 1 rings (SSSR count). The minimum absolute atomic E-state index is 0.411. The van der Waals surface area contributed by atoms with Gasteiger partial charge in [-0.05, 0) is 38.1 Å². The molecule has 0 aliphatic rings. The van der Waals surface area contributed by atoms with E-state index in [4.69, 9.17) is 11.6 Å². The largest absolute Gasteiger partial charge is 0.311 e. The van der Waals surface area contributed by atoms with Crippen LogP contribution in [0.5, 0.6) is 0 Å². The van der Waals surface area contributed by atoms with E-state index in [0.29, 0.717) is 6.04 Å². The van der Waals surface area contributed by atoms with Crippen LogP contribution in [0, 0.1) is 0 Å².